The maximum atomic E-state index is 14.0. The molecule has 8 heteroatoms. The van der Waals surface area contributed by atoms with Gasteiger partial charge in [-0.3, -0.25) is 14.4 Å². The number of fused-ring (bicyclic) bond motifs is 2. The van der Waals surface area contributed by atoms with Crippen molar-refractivity contribution in [1.29, 1.82) is 0 Å². The van der Waals surface area contributed by atoms with Crippen LogP contribution in [0.1, 0.15) is 52.9 Å². The van der Waals surface area contributed by atoms with E-state index in [2.05, 4.69) is 0 Å². The van der Waals surface area contributed by atoms with Crippen molar-refractivity contribution >= 4 is 17.8 Å². The van der Waals surface area contributed by atoms with Gasteiger partial charge in [0.2, 0.25) is 11.8 Å². The van der Waals surface area contributed by atoms with Crippen LogP contribution < -0.4 is 0 Å². The molecule has 182 valence electrons. The minimum Gasteiger partial charge on any atom is -0.465 e. The van der Waals surface area contributed by atoms with Gasteiger partial charge in [-0.25, -0.2) is 0 Å². The highest BCUT2D eigenvalue weighted by Gasteiger charge is 2.75. The molecule has 2 amide bonds. The largest absolute Gasteiger partial charge is 0.465 e. The highest BCUT2D eigenvalue weighted by molar-refractivity contribution is 5.99. The van der Waals surface area contributed by atoms with Gasteiger partial charge in [-0.05, 0) is 46.0 Å². The number of rotatable bonds is 6. The van der Waals surface area contributed by atoms with Gasteiger partial charge in [0, 0.05) is 25.7 Å². The van der Waals surface area contributed by atoms with Gasteiger partial charge >= 0.3 is 5.97 Å². The number of carbonyl (C=O) groups excluding carboxylic acids is 3. The van der Waals surface area contributed by atoms with Crippen LogP contribution in [0.4, 0.5) is 0 Å². The van der Waals surface area contributed by atoms with Crippen molar-refractivity contribution in [2.24, 2.45) is 11.8 Å². The Morgan fingerprint density at radius 1 is 1.12 bits per heavy atom. The van der Waals surface area contributed by atoms with E-state index < -0.39 is 35.0 Å². The van der Waals surface area contributed by atoms with Crippen LogP contribution in [0.15, 0.2) is 24.3 Å². The Balaban J connectivity index is 1.86. The molecule has 1 N–H and O–H groups in total. The summed E-state index contributed by atoms with van der Waals surface area (Å²) in [6.45, 7) is 6.92. The van der Waals surface area contributed by atoms with Crippen molar-refractivity contribution < 1.29 is 29.0 Å². The summed E-state index contributed by atoms with van der Waals surface area (Å²) in [5.41, 5.74) is -2.24. The van der Waals surface area contributed by atoms with Crippen LogP contribution in [-0.2, 0) is 23.9 Å². The van der Waals surface area contributed by atoms with Crippen LogP contribution >= 0.6 is 0 Å². The Morgan fingerprint density at radius 2 is 1.91 bits per heavy atom. The van der Waals surface area contributed by atoms with Crippen LogP contribution in [-0.4, -0.2) is 82.3 Å². The van der Waals surface area contributed by atoms with Crippen molar-refractivity contribution in [3.63, 3.8) is 0 Å². The zero-order valence-electron chi connectivity index (χ0n) is 19.9. The average molecular weight is 461 g/mol. The predicted octanol–water partition coefficient (Wildman–Crippen LogP) is 1.82. The molecule has 0 aliphatic carbocycles. The second-order valence-electron chi connectivity index (χ2n) is 9.78. The van der Waals surface area contributed by atoms with E-state index in [1.165, 1.54) is 0 Å². The number of likely N-dealkylation sites (tertiary alicyclic amines) is 1. The summed E-state index contributed by atoms with van der Waals surface area (Å²) in [6.07, 6.45) is 10.8. The van der Waals surface area contributed by atoms with Crippen molar-refractivity contribution in [2.45, 2.75) is 76.2 Å². The topological polar surface area (TPSA) is 96.4 Å². The van der Waals surface area contributed by atoms with Crippen LogP contribution in [0.2, 0.25) is 0 Å². The number of hydrogen-bond donors (Lipinski definition) is 1. The van der Waals surface area contributed by atoms with E-state index in [0.717, 1.165) is 12.8 Å². The average Bonchev–Trinajstić information content (AvgIpc) is 3.15. The van der Waals surface area contributed by atoms with Gasteiger partial charge in [0.25, 0.3) is 0 Å². The standard InChI is InChI=1S/C25H36N2O6/c1-4-24-11-6-5-9-16-32-23(31)19(24)18-21(29)27(13-7-8-15-28)20-22(30)26(17(2)3)14-10-12-25(18,20)33-24/h6,10-12,17-20,28H,4-5,7-9,13-16H2,1-3H3/b11-6-/t18-,19-,20?,24+,25-/m0/s1. The number of amides is 2. The Kier molecular flexibility index (Phi) is 6.69. The molecule has 0 saturated carbocycles. The van der Waals surface area contributed by atoms with E-state index >= 15 is 0 Å². The fourth-order valence-corrected chi connectivity index (χ4v) is 5.99. The van der Waals surface area contributed by atoms with E-state index in [4.69, 9.17) is 9.47 Å². The summed E-state index contributed by atoms with van der Waals surface area (Å²) in [5, 5.41) is 9.27. The summed E-state index contributed by atoms with van der Waals surface area (Å²) in [6, 6.07) is -0.899. The highest BCUT2D eigenvalue weighted by atomic mass is 16.6. The van der Waals surface area contributed by atoms with Gasteiger partial charge < -0.3 is 24.4 Å². The molecule has 4 rings (SSSR count). The van der Waals surface area contributed by atoms with Crippen LogP contribution in [0.5, 0.6) is 0 Å². The Bertz CT molecular complexity index is 854. The molecule has 4 aliphatic heterocycles. The number of aliphatic hydroxyl groups is 1. The quantitative estimate of drug-likeness (QED) is 0.369. The lowest BCUT2D eigenvalue weighted by molar-refractivity contribution is -0.161. The van der Waals surface area contributed by atoms with Crippen molar-refractivity contribution in [3.8, 4) is 0 Å². The smallest absolute Gasteiger partial charge is 0.313 e. The molecule has 0 aromatic heterocycles. The minimum absolute atomic E-state index is 0.0163. The molecule has 4 aliphatic rings. The maximum Gasteiger partial charge on any atom is 0.313 e. The normalized spacial score (nSPS) is 37.1. The molecule has 8 nitrogen and oxygen atoms in total. The minimum atomic E-state index is -1.24. The molecule has 2 saturated heterocycles. The number of aliphatic hydroxyl groups excluding tert-OH is 1. The Hall–Kier alpha value is -2.19. The fraction of sp³-hybridized carbons (Fsp3) is 0.720. The number of unbranched alkanes of at least 4 members (excludes halogenated alkanes) is 1. The summed E-state index contributed by atoms with van der Waals surface area (Å²) < 4.78 is 12.4. The van der Waals surface area contributed by atoms with E-state index in [-0.39, 0.29) is 24.5 Å². The number of allylic oxidation sites excluding steroid dienone is 1. The van der Waals surface area contributed by atoms with Crippen LogP contribution in [0.25, 0.3) is 0 Å². The van der Waals surface area contributed by atoms with Crippen molar-refractivity contribution in [3.05, 3.63) is 24.3 Å². The Morgan fingerprint density at radius 3 is 2.61 bits per heavy atom. The molecular formula is C25H36N2O6. The van der Waals surface area contributed by atoms with Crippen LogP contribution in [0.3, 0.4) is 0 Å². The molecule has 0 aromatic rings. The second kappa shape index (κ2) is 9.22. The van der Waals surface area contributed by atoms with E-state index in [1.807, 2.05) is 45.1 Å². The lowest BCUT2D eigenvalue weighted by atomic mass is 9.73. The molecule has 4 heterocycles. The zero-order valence-corrected chi connectivity index (χ0v) is 19.9. The number of cyclic esters (lactones) is 1. The van der Waals surface area contributed by atoms with E-state index in [0.29, 0.717) is 39.0 Å². The number of esters is 1. The lowest BCUT2D eigenvalue weighted by Crippen LogP contribution is -2.57. The van der Waals surface area contributed by atoms with Gasteiger partial charge in [-0.15, -0.1) is 0 Å². The SMILES string of the molecule is CC[C@@]12/C=C\CCCOC(=O)[C@@H]1[C@H]1C(=O)N(CCCCO)C3C(=O)N(C(C)C)CC=C[C@@]31O2. The Labute approximate surface area is 195 Å². The number of nitrogens with zero attached hydrogens (tertiary/aromatic N) is 2. The molecular weight excluding hydrogens is 424 g/mol. The van der Waals surface area contributed by atoms with Gasteiger partial charge in [-0.2, -0.15) is 0 Å². The molecule has 1 spiro atoms. The molecule has 0 aromatic carbocycles. The van der Waals surface area contributed by atoms with Gasteiger partial charge in [0.05, 0.1) is 12.5 Å². The fourth-order valence-electron chi connectivity index (χ4n) is 5.99. The van der Waals surface area contributed by atoms with E-state index in [9.17, 15) is 19.5 Å². The van der Waals surface area contributed by atoms with Gasteiger partial charge in [0.1, 0.15) is 23.2 Å². The second-order valence-corrected chi connectivity index (χ2v) is 9.78. The zero-order chi connectivity index (χ0) is 23.8. The first kappa shape index (κ1) is 24.0. The van der Waals surface area contributed by atoms with E-state index in [1.54, 1.807) is 9.80 Å². The summed E-state index contributed by atoms with van der Waals surface area (Å²) in [7, 11) is 0. The molecule has 5 atom stereocenters. The molecule has 0 radical (unpaired) electrons. The first-order valence-electron chi connectivity index (χ1n) is 12.3. The first-order chi connectivity index (χ1) is 15.8. The monoisotopic (exact) mass is 460 g/mol. The maximum absolute atomic E-state index is 14.0. The van der Waals surface area contributed by atoms with Gasteiger partial charge in [0.15, 0.2) is 0 Å². The molecule has 33 heavy (non-hydrogen) atoms. The summed E-state index contributed by atoms with van der Waals surface area (Å²) in [5.74, 6) is -2.49. The first-order valence-corrected chi connectivity index (χ1v) is 12.3. The number of carbonyl (C=O) groups is 3. The molecule has 2 fully saturated rings. The number of ether oxygens (including phenoxy) is 2. The third kappa shape index (κ3) is 3.71. The molecule has 1 unspecified atom stereocenters. The third-order valence-electron chi connectivity index (χ3n) is 7.59. The summed E-state index contributed by atoms with van der Waals surface area (Å²) in [4.78, 5) is 44.6. The third-order valence-corrected chi connectivity index (χ3v) is 7.59. The predicted molar refractivity (Wildman–Crippen MR) is 121 cm³/mol. The van der Waals surface area contributed by atoms with Crippen molar-refractivity contribution in [1.82, 2.24) is 9.80 Å². The molecule has 0 bridgehead atoms. The summed E-state index contributed by atoms with van der Waals surface area (Å²) >= 11 is 0. The number of hydrogen-bond acceptors (Lipinski definition) is 6. The van der Waals surface area contributed by atoms with Crippen LogP contribution in [0, 0.1) is 11.8 Å². The van der Waals surface area contributed by atoms with Crippen molar-refractivity contribution in [2.75, 3.05) is 26.3 Å². The highest BCUT2D eigenvalue weighted by Crippen LogP contribution is 2.58. The lowest BCUT2D eigenvalue weighted by Gasteiger charge is -2.39. The van der Waals surface area contributed by atoms with Gasteiger partial charge in [-0.1, -0.05) is 31.2 Å².